The zero-order valence-corrected chi connectivity index (χ0v) is 12.3. The molecule has 1 saturated heterocycles. The highest BCUT2D eigenvalue weighted by Crippen LogP contribution is 2.22. The topological polar surface area (TPSA) is 91.8 Å². The van der Waals surface area contributed by atoms with Gasteiger partial charge in [-0.1, -0.05) is 24.9 Å². The van der Waals surface area contributed by atoms with Crippen molar-refractivity contribution in [2.45, 2.75) is 32.6 Å². The fourth-order valence-electron chi connectivity index (χ4n) is 2.72. The smallest absolute Gasteiger partial charge is 0.272 e. The Labute approximate surface area is 124 Å². The van der Waals surface area contributed by atoms with Crippen LogP contribution in [0.5, 0.6) is 0 Å². The van der Waals surface area contributed by atoms with Crippen LogP contribution in [0.3, 0.4) is 0 Å². The number of rotatable bonds is 4. The maximum absolute atomic E-state index is 12.4. The van der Waals surface area contributed by atoms with Crippen LogP contribution in [0.1, 0.15) is 48.7 Å². The number of amidine groups is 1. The largest absolute Gasteiger partial charge is 0.409 e. The van der Waals surface area contributed by atoms with Gasteiger partial charge >= 0.3 is 0 Å². The molecule has 3 N–H and O–H groups in total. The zero-order chi connectivity index (χ0) is 15.2. The molecule has 1 aliphatic rings. The maximum atomic E-state index is 12.4. The highest BCUT2D eigenvalue weighted by molar-refractivity contribution is 5.98. The molecule has 1 aromatic rings. The van der Waals surface area contributed by atoms with E-state index in [0.29, 0.717) is 11.3 Å². The van der Waals surface area contributed by atoms with Crippen LogP contribution in [0.4, 0.5) is 0 Å². The van der Waals surface area contributed by atoms with Crippen LogP contribution in [0.15, 0.2) is 23.5 Å². The number of nitrogens with two attached hydrogens (primary N) is 1. The molecule has 6 heteroatoms. The van der Waals surface area contributed by atoms with E-state index in [-0.39, 0.29) is 11.7 Å². The molecule has 0 unspecified atom stereocenters. The maximum Gasteiger partial charge on any atom is 0.272 e. The number of amides is 1. The van der Waals surface area contributed by atoms with Crippen molar-refractivity contribution in [3.05, 3.63) is 29.6 Å². The fourth-order valence-corrected chi connectivity index (χ4v) is 2.72. The Morgan fingerprint density at radius 2 is 2.19 bits per heavy atom. The summed E-state index contributed by atoms with van der Waals surface area (Å²) in [6, 6.07) is 3.26. The molecule has 1 fully saturated rings. The molecule has 21 heavy (non-hydrogen) atoms. The minimum Gasteiger partial charge on any atom is -0.409 e. The van der Waals surface area contributed by atoms with Crippen molar-refractivity contribution in [2.24, 2.45) is 16.8 Å². The summed E-state index contributed by atoms with van der Waals surface area (Å²) >= 11 is 0. The fraction of sp³-hybridized carbons (Fsp3) is 0.533. The molecule has 0 aliphatic carbocycles. The van der Waals surface area contributed by atoms with Gasteiger partial charge in [-0.3, -0.25) is 9.78 Å². The molecular weight excluding hydrogens is 268 g/mol. The average Bonchev–Trinajstić information content (AvgIpc) is 2.54. The van der Waals surface area contributed by atoms with Crippen LogP contribution in [0, 0.1) is 5.92 Å². The summed E-state index contributed by atoms with van der Waals surface area (Å²) in [5.74, 6) is 0.688. The lowest BCUT2D eigenvalue weighted by Gasteiger charge is -2.31. The summed E-state index contributed by atoms with van der Waals surface area (Å²) in [5, 5.41) is 11.5. The third-order valence-corrected chi connectivity index (χ3v) is 3.98. The van der Waals surface area contributed by atoms with Crippen molar-refractivity contribution in [2.75, 3.05) is 13.1 Å². The molecule has 1 amide bonds. The second-order valence-electron chi connectivity index (χ2n) is 5.44. The van der Waals surface area contributed by atoms with E-state index in [0.717, 1.165) is 31.8 Å². The Balaban J connectivity index is 1.98. The number of pyridine rings is 1. The minimum absolute atomic E-state index is 0.0121. The second-order valence-corrected chi connectivity index (χ2v) is 5.44. The summed E-state index contributed by atoms with van der Waals surface area (Å²) in [6.07, 6.45) is 6.04. The normalized spacial score (nSPS) is 17.0. The van der Waals surface area contributed by atoms with Crippen molar-refractivity contribution >= 4 is 11.7 Å². The number of oxime groups is 1. The predicted octanol–water partition coefficient (Wildman–Crippen LogP) is 1.83. The van der Waals surface area contributed by atoms with Crippen LogP contribution in [-0.2, 0) is 0 Å². The number of hydrogen-bond donors (Lipinski definition) is 2. The molecule has 0 spiro atoms. The van der Waals surface area contributed by atoms with E-state index < -0.39 is 0 Å². The second kappa shape index (κ2) is 7.06. The third kappa shape index (κ3) is 3.71. The molecule has 0 saturated carbocycles. The van der Waals surface area contributed by atoms with E-state index in [1.807, 2.05) is 4.90 Å². The number of aromatic nitrogens is 1. The first-order valence-electron chi connectivity index (χ1n) is 7.39. The molecule has 1 aliphatic heterocycles. The zero-order valence-electron chi connectivity index (χ0n) is 12.3. The van der Waals surface area contributed by atoms with Crippen molar-refractivity contribution < 1.29 is 10.0 Å². The summed E-state index contributed by atoms with van der Waals surface area (Å²) in [4.78, 5) is 18.3. The van der Waals surface area contributed by atoms with Gasteiger partial charge in [-0.05, 0) is 30.9 Å². The molecule has 0 radical (unpaired) electrons. The highest BCUT2D eigenvalue weighted by atomic mass is 16.4. The average molecular weight is 290 g/mol. The molecule has 2 heterocycles. The molecule has 0 atom stereocenters. The first kappa shape index (κ1) is 15.3. The molecular formula is C15H22N4O2. The van der Waals surface area contributed by atoms with Crippen molar-refractivity contribution in [3.8, 4) is 0 Å². The molecule has 1 aromatic heterocycles. The van der Waals surface area contributed by atoms with Gasteiger partial charge in [0.2, 0.25) is 0 Å². The Hall–Kier alpha value is -2.11. The van der Waals surface area contributed by atoms with Crippen LogP contribution < -0.4 is 5.73 Å². The van der Waals surface area contributed by atoms with Crippen LogP contribution >= 0.6 is 0 Å². The lowest BCUT2D eigenvalue weighted by atomic mass is 9.92. The summed E-state index contributed by atoms with van der Waals surface area (Å²) in [6.45, 7) is 3.80. The first-order chi connectivity index (χ1) is 10.2. The van der Waals surface area contributed by atoms with Gasteiger partial charge in [-0.2, -0.15) is 0 Å². The molecule has 6 nitrogen and oxygen atoms in total. The van der Waals surface area contributed by atoms with Gasteiger partial charge < -0.3 is 15.8 Å². The summed E-state index contributed by atoms with van der Waals surface area (Å²) < 4.78 is 0. The van der Waals surface area contributed by atoms with E-state index in [4.69, 9.17) is 10.9 Å². The number of hydrogen-bond acceptors (Lipinski definition) is 4. The van der Waals surface area contributed by atoms with Gasteiger partial charge in [0.25, 0.3) is 5.91 Å². The molecule has 114 valence electrons. The first-order valence-corrected chi connectivity index (χ1v) is 7.39. The molecule has 2 rings (SSSR count). The van der Waals surface area contributed by atoms with Crippen LogP contribution in [0.2, 0.25) is 0 Å². The third-order valence-electron chi connectivity index (χ3n) is 3.98. The monoisotopic (exact) mass is 290 g/mol. The summed E-state index contributed by atoms with van der Waals surface area (Å²) in [5.41, 5.74) is 6.37. The van der Waals surface area contributed by atoms with Crippen LogP contribution in [0.25, 0.3) is 0 Å². The lowest BCUT2D eigenvalue weighted by Crippen LogP contribution is -2.38. The predicted molar refractivity (Wildman–Crippen MR) is 80.3 cm³/mol. The van der Waals surface area contributed by atoms with E-state index >= 15 is 0 Å². The summed E-state index contributed by atoms with van der Waals surface area (Å²) in [7, 11) is 0. The van der Waals surface area contributed by atoms with E-state index in [9.17, 15) is 4.79 Å². The molecule has 0 aromatic carbocycles. The quantitative estimate of drug-likeness (QED) is 0.383. The Morgan fingerprint density at radius 1 is 1.48 bits per heavy atom. The van der Waals surface area contributed by atoms with Gasteiger partial charge in [0.1, 0.15) is 5.69 Å². The lowest BCUT2D eigenvalue weighted by molar-refractivity contribution is 0.0680. The van der Waals surface area contributed by atoms with Gasteiger partial charge in [0, 0.05) is 24.8 Å². The highest BCUT2D eigenvalue weighted by Gasteiger charge is 2.23. The van der Waals surface area contributed by atoms with Gasteiger partial charge in [0.15, 0.2) is 5.84 Å². The number of piperidine rings is 1. The molecule has 0 bridgehead atoms. The number of nitrogens with zero attached hydrogens (tertiary/aromatic N) is 3. The van der Waals surface area contributed by atoms with Crippen molar-refractivity contribution in [3.63, 3.8) is 0 Å². The van der Waals surface area contributed by atoms with Crippen molar-refractivity contribution in [1.29, 1.82) is 0 Å². The number of carbonyl (C=O) groups excluding carboxylic acids is 1. The Kier molecular flexibility index (Phi) is 5.14. The Morgan fingerprint density at radius 3 is 2.71 bits per heavy atom. The van der Waals surface area contributed by atoms with Gasteiger partial charge in [-0.25, -0.2) is 0 Å². The SMILES string of the molecule is CCCC1CCN(C(=O)c2ccc(C(N)=NO)cn2)CC1. The minimum atomic E-state index is -0.0454. The van der Waals surface area contributed by atoms with E-state index in [2.05, 4.69) is 17.1 Å². The van der Waals surface area contributed by atoms with Gasteiger partial charge in [-0.15, -0.1) is 0 Å². The standard InChI is InChI=1S/C15H22N4O2/c1-2-3-11-6-8-19(9-7-11)15(20)13-5-4-12(10-17-13)14(16)18-21/h4-5,10-11,21H,2-3,6-9H2,1H3,(H2,16,18). The van der Waals surface area contributed by atoms with E-state index in [1.165, 1.54) is 19.0 Å². The van der Waals surface area contributed by atoms with Crippen LogP contribution in [-0.4, -0.2) is 39.9 Å². The van der Waals surface area contributed by atoms with Crippen molar-refractivity contribution in [1.82, 2.24) is 9.88 Å². The Bertz CT molecular complexity index is 505. The number of carbonyl (C=O) groups is 1. The van der Waals surface area contributed by atoms with E-state index in [1.54, 1.807) is 12.1 Å². The number of likely N-dealkylation sites (tertiary alicyclic amines) is 1. The van der Waals surface area contributed by atoms with Gasteiger partial charge in [0.05, 0.1) is 0 Å².